The van der Waals surface area contributed by atoms with Gasteiger partial charge in [0.15, 0.2) is 11.2 Å². The minimum atomic E-state index is -0.424. The average Bonchev–Trinajstić information content (AvgIpc) is 2.89. The van der Waals surface area contributed by atoms with Gasteiger partial charge in [0.2, 0.25) is 5.95 Å². The van der Waals surface area contributed by atoms with Crippen LogP contribution < -0.4 is 16.3 Å². The molecule has 0 fully saturated rings. The number of aryl methyl sites for hydroxylation is 1. The zero-order valence-corrected chi connectivity index (χ0v) is 12.9. The normalized spacial score (nSPS) is 17.8. The molecule has 0 spiro atoms. The maximum absolute atomic E-state index is 12.5. The lowest BCUT2D eigenvalue weighted by molar-refractivity contribution is 0.300. The van der Waals surface area contributed by atoms with Gasteiger partial charge in [-0.25, -0.2) is 9.80 Å². The van der Waals surface area contributed by atoms with E-state index < -0.39 is 5.69 Å². The summed E-state index contributed by atoms with van der Waals surface area (Å²) in [5, 5.41) is 15.2. The minimum Gasteiger partial charge on any atom is -0.394 e. The van der Waals surface area contributed by atoms with Crippen LogP contribution in [0.5, 0.6) is 0 Å². The molecule has 0 bridgehead atoms. The van der Waals surface area contributed by atoms with E-state index in [1.807, 2.05) is 13.8 Å². The third-order valence-electron chi connectivity index (χ3n) is 4.09. The van der Waals surface area contributed by atoms with E-state index in [0.717, 1.165) is 10.3 Å². The fourth-order valence-corrected chi connectivity index (χ4v) is 2.70. The van der Waals surface area contributed by atoms with Crippen molar-refractivity contribution in [1.29, 1.82) is 0 Å². The lowest BCUT2D eigenvalue weighted by Gasteiger charge is -2.28. The zero-order chi connectivity index (χ0) is 16.2. The van der Waals surface area contributed by atoms with Gasteiger partial charge in [-0.1, -0.05) is 0 Å². The van der Waals surface area contributed by atoms with Gasteiger partial charge in [-0.3, -0.25) is 18.5 Å². The molecule has 1 aliphatic heterocycles. The number of anilines is 1. The standard InChI is InChI=1S/C13H18N6O3/c1-7-8(2)19-9-10(14-12(19)18(15-7)5-6-20)16(3)13(22)17(4)11(9)21/h8,20H,5-6H2,1-4H3/t8-/m1/s1. The number of rotatable bonds is 2. The molecular formula is C13H18N6O3. The van der Waals surface area contributed by atoms with E-state index in [1.54, 1.807) is 16.6 Å². The Morgan fingerprint density at radius 3 is 2.55 bits per heavy atom. The Morgan fingerprint density at radius 1 is 1.23 bits per heavy atom. The molecule has 0 aliphatic carbocycles. The third-order valence-corrected chi connectivity index (χ3v) is 4.09. The fraction of sp³-hybridized carbons (Fsp3) is 0.538. The monoisotopic (exact) mass is 306 g/mol. The first-order valence-electron chi connectivity index (χ1n) is 7.00. The van der Waals surface area contributed by atoms with Gasteiger partial charge in [0, 0.05) is 14.1 Å². The molecule has 9 heteroatoms. The molecule has 0 unspecified atom stereocenters. The van der Waals surface area contributed by atoms with E-state index in [9.17, 15) is 14.7 Å². The van der Waals surface area contributed by atoms with E-state index in [2.05, 4.69) is 10.1 Å². The molecule has 1 aliphatic rings. The van der Waals surface area contributed by atoms with Crippen LogP contribution in [0.15, 0.2) is 14.7 Å². The first kappa shape index (κ1) is 14.5. The Labute approximate surface area is 125 Å². The molecule has 2 aromatic rings. The molecule has 9 nitrogen and oxygen atoms in total. The van der Waals surface area contributed by atoms with Crippen LogP contribution >= 0.6 is 0 Å². The van der Waals surface area contributed by atoms with Crippen LogP contribution in [-0.2, 0) is 14.1 Å². The molecule has 22 heavy (non-hydrogen) atoms. The first-order valence-corrected chi connectivity index (χ1v) is 7.00. The van der Waals surface area contributed by atoms with Gasteiger partial charge in [-0.15, -0.1) is 0 Å². The molecule has 2 aromatic heterocycles. The number of hydrogen-bond acceptors (Lipinski definition) is 6. The van der Waals surface area contributed by atoms with Gasteiger partial charge in [0.25, 0.3) is 5.56 Å². The maximum Gasteiger partial charge on any atom is 0.332 e. The lowest BCUT2D eigenvalue weighted by Crippen LogP contribution is -2.38. The Balaban J connectivity index is 2.45. The molecule has 0 radical (unpaired) electrons. The highest BCUT2D eigenvalue weighted by atomic mass is 16.3. The average molecular weight is 306 g/mol. The summed E-state index contributed by atoms with van der Waals surface area (Å²) < 4.78 is 4.19. The lowest BCUT2D eigenvalue weighted by atomic mass is 10.2. The Morgan fingerprint density at radius 2 is 1.91 bits per heavy atom. The topological polar surface area (TPSA) is 97.7 Å². The van der Waals surface area contributed by atoms with Crippen molar-refractivity contribution < 1.29 is 5.11 Å². The van der Waals surface area contributed by atoms with Crippen LogP contribution in [0.1, 0.15) is 19.9 Å². The van der Waals surface area contributed by atoms with Crippen molar-refractivity contribution in [2.24, 2.45) is 19.2 Å². The van der Waals surface area contributed by atoms with Crippen molar-refractivity contribution in [2.45, 2.75) is 19.9 Å². The molecule has 0 amide bonds. The SMILES string of the molecule is CC1=NN(CCO)c2nc3c(c(=O)n(C)c(=O)n3C)n2[C@@H]1C. The van der Waals surface area contributed by atoms with E-state index in [0.29, 0.717) is 17.1 Å². The van der Waals surface area contributed by atoms with Crippen molar-refractivity contribution in [2.75, 3.05) is 18.2 Å². The summed E-state index contributed by atoms with van der Waals surface area (Å²) in [6.07, 6.45) is 0. The summed E-state index contributed by atoms with van der Waals surface area (Å²) in [6.45, 7) is 3.95. The number of imidazole rings is 1. The molecule has 3 rings (SSSR count). The molecule has 1 atom stereocenters. The molecule has 3 heterocycles. The second kappa shape index (κ2) is 4.80. The highest BCUT2D eigenvalue weighted by Crippen LogP contribution is 2.29. The predicted molar refractivity (Wildman–Crippen MR) is 82.5 cm³/mol. The van der Waals surface area contributed by atoms with Crippen molar-refractivity contribution in [3.63, 3.8) is 0 Å². The number of aliphatic hydroxyl groups excluding tert-OH is 1. The maximum atomic E-state index is 12.5. The highest BCUT2D eigenvalue weighted by molar-refractivity contribution is 5.90. The van der Waals surface area contributed by atoms with Crippen LogP contribution in [0, 0.1) is 0 Å². The van der Waals surface area contributed by atoms with E-state index in [1.165, 1.54) is 11.6 Å². The number of nitrogens with zero attached hydrogens (tertiary/aromatic N) is 6. The number of β-amino-alcohol motifs (C(OH)–C–C–N with tert-alkyl or cyclic N) is 1. The number of aliphatic hydroxyl groups is 1. The molecule has 0 saturated carbocycles. The Hall–Kier alpha value is -2.42. The molecule has 1 N–H and O–H groups in total. The smallest absolute Gasteiger partial charge is 0.332 e. The molecule has 0 saturated heterocycles. The molecule has 118 valence electrons. The van der Waals surface area contributed by atoms with Crippen LogP contribution in [-0.4, -0.2) is 42.7 Å². The Bertz CT molecular complexity index is 903. The van der Waals surface area contributed by atoms with E-state index >= 15 is 0 Å². The fourth-order valence-electron chi connectivity index (χ4n) is 2.70. The molecule has 0 aromatic carbocycles. The summed E-state index contributed by atoms with van der Waals surface area (Å²) in [4.78, 5) is 29.0. The van der Waals surface area contributed by atoms with Gasteiger partial charge in [0.1, 0.15) is 0 Å². The first-order chi connectivity index (χ1) is 10.4. The van der Waals surface area contributed by atoms with Crippen LogP contribution in [0.4, 0.5) is 5.95 Å². The number of aromatic nitrogens is 4. The number of hydrogen-bond donors (Lipinski definition) is 1. The minimum absolute atomic E-state index is 0.0920. The summed E-state index contributed by atoms with van der Waals surface area (Å²) in [5.74, 6) is 0.459. The van der Waals surface area contributed by atoms with Crippen LogP contribution in [0.2, 0.25) is 0 Å². The van der Waals surface area contributed by atoms with Gasteiger partial charge < -0.3 is 5.11 Å². The van der Waals surface area contributed by atoms with Gasteiger partial charge in [-0.05, 0) is 13.8 Å². The van der Waals surface area contributed by atoms with Crippen molar-refractivity contribution in [3.05, 3.63) is 20.8 Å². The van der Waals surface area contributed by atoms with E-state index in [4.69, 9.17) is 0 Å². The largest absolute Gasteiger partial charge is 0.394 e. The number of hydrazone groups is 1. The zero-order valence-electron chi connectivity index (χ0n) is 12.9. The summed E-state index contributed by atoms with van der Waals surface area (Å²) in [6, 6.07) is -0.153. The van der Waals surface area contributed by atoms with Crippen molar-refractivity contribution in [3.8, 4) is 0 Å². The second-order valence-corrected chi connectivity index (χ2v) is 5.42. The van der Waals surface area contributed by atoms with Crippen molar-refractivity contribution in [1.82, 2.24) is 18.7 Å². The highest BCUT2D eigenvalue weighted by Gasteiger charge is 2.29. The Kier molecular flexibility index (Phi) is 3.17. The van der Waals surface area contributed by atoms with Gasteiger partial charge in [-0.2, -0.15) is 10.1 Å². The second-order valence-electron chi connectivity index (χ2n) is 5.42. The summed E-state index contributed by atoms with van der Waals surface area (Å²) >= 11 is 0. The number of fused-ring (bicyclic) bond motifs is 3. The van der Waals surface area contributed by atoms with Crippen LogP contribution in [0.25, 0.3) is 11.2 Å². The van der Waals surface area contributed by atoms with E-state index in [-0.39, 0.29) is 24.8 Å². The van der Waals surface area contributed by atoms with Gasteiger partial charge >= 0.3 is 5.69 Å². The summed E-state index contributed by atoms with van der Waals surface area (Å²) in [5.41, 5.74) is 0.678. The summed E-state index contributed by atoms with van der Waals surface area (Å²) in [7, 11) is 3.03. The van der Waals surface area contributed by atoms with Crippen LogP contribution in [0.3, 0.4) is 0 Å². The quantitative estimate of drug-likeness (QED) is 0.782. The third kappa shape index (κ3) is 1.75. The molecular weight excluding hydrogens is 288 g/mol. The van der Waals surface area contributed by atoms with Crippen molar-refractivity contribution >= 4 is 22.8 Å². The van der Waals surface area contributed by atoms with Gasteiger partial charge in [0.05, 0.1) is 24.9 Å². The predicted octanol–water partition coefficient (Wildman–Crippen LogP) is -0.817.